The highest BCUT2D eigenvalue weighted by Crippen LogP contribution is 2.24. The third-order valence-corrected chi connectivity index (χ3v) is 3.80. The smallest absolute Gasteiger partial charge is 0.240 e. The van der Waals surface area contributed by atoms with E-state index in [-0.39, 0.29) is 5.91 Å². The number of methoxy groups -OCH3 is 2. The van der Waals surface area contributed by atoms with Crippen LogP contribution in [0.15, 0.2) is 18.2 Å². The largest absolute Gasteiger partial charge is 0.497 e. The molecule has 5 nitrogen and oxygen atoms in total. The van der Waals surface area contributed by atoms with Gasteiger partial charge in [-0.3, -0.25) is 4.79 Å². The second-order valence-corrected chi connectivity index (χ2v) is 5.22. The van der Waals surface area contributed by atoms with Gasteiger partial charge >= 0.3 is 0 Å². The van der Waals surface area contributed by atoms with Crippen molar-refractivity contribution >= 4 is 5.91 Å². The highest BCUT2D eigenvalue weighted by atomic mass is 16.5. The Morgan fingerprint density at radius 1 is 1.40 bits per heavy atom. The van der Waals surface area contributed by atoms with Crippen LogP contribution in [0.3, 0.4) is 0 Å². The highest BCUT2D eigenvalue weighted by Gasteiger charge is 2.35. The molecular formula is C15H22N2O3. The summed E-state index contributed by atoms with van der Waals surface area (Å²) in [5.74, 6) is 1.52. The first-order valence-electron chi connectivity index (χ1n) is 6.83. The predicted molar refractivity (Wildman–Crippen MR) is 77.0 cm³/mol. The molecule has 1 aliphatic heterocycles. The van der Waals surface area contributed by atoms with Crippen LogP contribution in [0.4, 0.5) is 0 Å². The minimum absolute atomic E-state index is 0.0277. The van der Waals surface area contributed by atoms with Crippen LogP contribution in [0, 0.1) is 0 Å². The van der Waals surface area contributed by atoms with E-state index in [1.54, 1.807) is 14.2 Å². The summed E-state index contributed by atoms with van der Waals surface area (Å²) in [6.45, 7) is 3.26. The number of carbonyl (C=O) groups excluding carboxylic acids is 1. The number of carbonyl (C=O) groups is 1. The molecule has 1 heterocycles. The minimum Gasteiger partial charge on any atom is -0.497 e. The lowest BCUT2D eigenvalue weighted by Gasteiger charge is -2.23. The molecule has 0 saturated carbocycles. The van der Waals surface area contributed by atoms with Gasteiger partial charge in [0.05, 0.1) is 19.8 Å². The van der Waals surface area contributed by atoms with Crippen LogP contribution < -0.4 is 20.1 Å². The van der Waals surface area contributed by atoms with Crippen LogP contribution in [-0.2, 0) is 11.3 Å². The summed E-state index contributed by atoms with van der Waals surface area (Å²) >= 11 is 0. The van der Waals surface area contributed by atoms with Gasteiger partial charge in [-0.25, -0.2) is 0 Å². The Bertz CT molecular complexity index is 482. The van der Waals surface area contributed by atoms with E-state index in [0.29, 0.717) is 6.54 Å². The molecule has 2 rings (SSSR count). The molecule has 1 aromatic carbocycles. The molecule has 2 N–H and O–H groups in total. The Kier molecular flexibility index (Phi) is 4.49. The Hall–Kier alpha value is -1.75. The Labute approximate surface area is 119 Å². The van der Waals surface area contributed by atoms with Crippen LogP contribution in [0.1, 0.15) is 25.3 Å². The molecule has 0 bridgehead atoms. The molecule has 1 fully saturated rings. The van der Waals surface area contributed by atoms with Gasteiger partial charge in [0.2, 0.25) is 5.91 Å². The number of amides is 1. The maximum absolute atomic E-state index is 12.2. The standard InChI is InChI=1S/C15H22N2O3/c1-15(7-4-8-17-15)14(18)16-10-11-9-12(19-2)5-6-13(11)20-3/h5-6,9,17H,4,7-8,10H2,1-3H3,(H,16,18). The zero-order valence-electron chi connectivity index (χ0n) is 12.3. The Morgan fingerprint density at radius 2 is 2.20 bits per heavy atom. The van der Waals surface area contributed by atoms with Gasteiger partial charge in [-0.1, -0.05) is 0 Å². The SMILES string of the molecule is COc1ccc(OC)c(CNC(=O)C2(C)CCCN2)c1. The maximum atomic E-state index is 12.2. The van der Waals surface area contributed by atoms with Crippen molar-refractivity contribution in [3.8, 4) is 11.5 Å². The van der Waals surface area contributed by atoms with Gasteiger partial charge in [0.15, 0.2) is 0 Å². The Morgan fingerprint density at radius 3 is 2.80 bits per heavy atom. The number of rotatable bonds is 5. The van der Waals surface area contributed by atoms with Gasteiger partial charge < -0.3 is 20.1 Å². The van der Waals surface area contributed by atoms with Crippen LogP contribution >= 0.6 is 0 Å². The fourth-order valence-electron chi connectivity index (χ4n) is 2.48. The van der Waals surface area contributed by atoms with Crippen molar-refractivity contribution in [2.45, 2.75) is 31.8 Å². The average molecular weight is 278 g/mol. The molecular weight excluding hydrogens is 256 g/mol. The first kappa shape index (κ1) is 14.7. The summed E-state index contributed by atoms with van der Waals surface area (Å²) in [6, 6.07) is 5.56. The molecule has 1 unspecified atom stereocenters. The topological polar surface area (TPSA) is 59.6 Å². The van der Waals surface area contributed by atoms with Crippen molar-refractivity contribution in [1.82, 2.24) is 10.6 Å². The summed E-state index contributed by atoms with van der Waals surface area (Å²) < 4.78 is 10.5. The Balaban J connectivity index is 2.04. The quantitative estimate of drug-likeness (QED) is 0.856. The van der Waals surface area contributed by atoms with Gasteiger partial charge in [-0.2, -0.15) is 0 Å². The number of hydrogen-bond acceptors (Lipinski definition) is 4. The lowest BCUT2D eigenvalue weighted by atomic mass is 9.99. The molecule has 5 heteroatoms. The summed E-state index contributed by atoms with van der Waals surface area (Å²) in [4.78, 5) is 12.2. The summed E-state index contributed by atoms with van der Waals surface area (Å²) in [7, 11) is 3.24. The summed E-state index contributed by atoms with van der Waals surface area (Å²) in [6.07, 6.45) is 1.90. The van der Waals surface area contributed by atoms with Gasteiger partial charge in [-0.15, -0.1) is 0 Å². The van der Waals surface area contributed by atoms with Crippen molar-refractivity contribution in [2.24, 2.45) is 0 Å². The van der Waals surface area contributed by atoms with Crippen molar-refractivity contribution in [1.29, 1.82) is 0 Å². The third-order valence-electron chi connectivity index (χ3n) is 3.80. The fraction of sp³-hybridized carbons (Fsp3) is 0.533. The molecule has 1 saturated heterocycles. The molecule has 0 spiro atoms. The number of benzene rings is 1. The van der Waals surface area contributed by atoms with Crippen molar-refractivity contribution < 1.29 is 14.3 Å². The number of nitrogens with one attached hydrogen (secondary N) is 2. The molecule has 1 aromatic rings. The van der Waals surface area contributed by atoms with E-state index in [2.05, 4.69) is 10.6 Å². The lowest BCUT2D eigenvalue weighted by molar-refractivity contribution is -0.126. The molecule has 1 atom stereocenters. The van der Waals surface area contributed by atoms with E-state index in [4.69, 9.17) is 9.47 Å². The normalized spacial score (nSPS) is 21.6. The van der Waals surface area contributed by atoms with E-state index in [0.717, 1.165) is 36.4 Å². The second kappa shape index (κ2) is 6.13. The van der Waals surface area contributed by atoms with Crippen LogP contribution in [0.25, 0.3) is 0 Å². The van der Waals surface area contributed by atoms with E-state index in [9.17, 15) is 4.79 Å². The first-order valence-corrected chi connectivity index (χ1v) is 6.83. The monoisotopic (exact) mass is 278 g/mol. The lowest BCUT2D eigenvalue weighted by Crippen LogP contribution is -2.50. The highest BCUT2D eigenvalue weighted by molar-refractivity contribution is 5.86. The van der Waals surface area contributed by atoms with Gasteiger partial charge in [0.25, 0.3) is 0 Å². The van der Waals surface area contributed by atoms with E-state index in [1.165, 1.54) is 0 Å². The second-order valence-electron chi connectivity index (χ2n) is 5.22. The van der Waals surface area contributed by atoms with Crippen molar-refractivity contribution in [3.05, 3.63) is 23.8 Å². The average Bonchev–Trinajstić information content (AvgIpc) is 2.92. The molecule has 1 aliphatic rings. The van der Waals surface area contributed by atoms with Gasteiger partial charge in [0, 0.05) is 12.1 Å². The summed E-state index contributed by atoms with van der Waals surface area (Å²) in [5.41, 5.74) is 0.452. The zero-order chi connectivity index (χ0) is 14.6. The van der Waals surface area contributed by atoms with E-state index in [1.807, 2.05) is 25.1 Å². The molecule has 0 aromatic heterocycles. The molecule has 0 aliphatic carbocycles. The predicted octanol–water partition coefficient (Wildman–Crippen LogP) is 1.46. The minimum atomic E-state index is -0.452. The molecule has 20 heavy (non-hydrogen) atoms. The van der Waals surface area contributed by atoms with E-state index >= 15 is 0 Å². The van der Waals surface area contributed by atoms with E-state index < -0.39 is 5.54 Å². The third kappa shape index (κ3) is 3.04. The number of ether oxygens (including phenoxy) is 2. The van der Waals surface area contributed by atoms with Crippen LogP contribution in [0.2, 0.25) is 0 Å². The first-order chi connectivity index (χ1) is 9.59. The zero-order valence-corrected chi connectivity index (χ0v) is 12.3. The fourth-order valence-corrected chi connectivity index (χ4v) is 2.48. The summed E-state index contributed by atoms with van der Waals surface area (Å²) in [5, 5.41) is 6.22. The van der Waals surface area contributed by atoms with Gasteiger partial charge in [0.1, 0.15) is 11.5 Å². The van der Waals surface area contributed by atoms with Crippen LogP contribution in [-0.4, -0.2) is 32.2 Å². The van der Waals surface area contributed by atoms with Crippen molar-refractivity contribution in [2.75, 3.05) is 20.8 Å². The van der Waals surface area contributed by atoms with Gasteiger partial charge in [-0.05, 0) is 44.5 Å². The van der Waals surface area contributed by atoms with Crippen molar-refractivity contribution in [3.63, 3.8) is 0 Å². The molecule has 0 radical (unpaired) electrons. The number of hydrogen-bond donors (Lipinski definition) is 2. The van der Waals surface area contributed by atoms with Crippen LogP contribution in [0.5, 0.6) is 11.5 Å². The molecule has 1 amide bonds. The maximum Gasteiger partial charge on any atom is 0.240 e. The molecule has 110 valence electrons.